The van der Waals surface area contributed by atoms with Gasteiger partial charge >= 0.3 is 0 Å². The summed E-state index contributed by atoms with van der Waals surface area (Å²) in [5.41, 5.74) is 1.12. The number of piperazine rings is 1. The van der Waals surface area contributed by atoms with E-state index in [1.807, 2.05) is 12.3 Å². The Morgan fingerprint density at radius 2 is 1.92 bits per heavy atom. The lowest BCUT2D eigenvalue weighted by molar-refractivity contribution is -0.131. The van der Waals surface area contributed by atoms with Crippen molar-refractivity contribution in [1.29, 1.82) is 0 Å². The van der Waals surface area contributed by atoms with Gasteiger partial charge in [0.2, 0.25) is 15.9 Å². The second-order valence-corrected chi connectivity index (χ2v) is 8.91. The average Bonchev–Trinajstić information content (AvgIpc) is 3.13. The van der Waals surface area contributed by atoms with Crippen LogP contribution in [0.5, 0.6) is 0 Å². The molecule has 0 aromatic carbocycles. The second kappa shape index (κ2) is 6.85. The molecule has 0 aliphatic carbocycles. The highest BCUT2D eigenvalue weighted by molar-refractivity contribution is 7.89. The van der Waals surface area contributed by atoms with Crippen molar-refractivity contribution < 1.29 is 17.7 Å². The fourth-order valence-electron chi connectivity index (χ4n) is 2.91. The summed E-state index contributed by atoms with van der Waals surface area (Å²) in [6.07, 6.45) is 0.251. The first-order valence-corrected chi connectivity index (χ1v) is 10.2. The predicted octanol–water partition coefficient (Wildman–Crippen LogP) is 1.13. The Bertz CT molecular complexity index is 860. The maximum absolute atomic E-state index is 12.8. The molecule has 0 atom stereocenters. The third kappa shape index (κ3) is 3.60. The Morgan fingerprint density at radius 3 is 2.44 bits per heavy atom. The van der Waals surface area contributed by atoms with E-state index in [9.17, 15) is 13.2 Å². The van der Waals surface area contributed by atoms with Crippen molar-refractivity contribution in [3.63, 3.8) is 0 Å². The number of aromatic nitrogens is 2. The fourth-order valence-corrected chi connectivity index (χ4v) is 5.23. The van der Waals surface area contributed by atoms with Gasteiger partial charge in [-0.3, -0.25) is 4.79 Å². The number of amides is 1. The minimum atomic E-state index is -3.66. The van der Waals surface area contributed by atoms with E-state index in [0.29, 0.717) is 18.8 Å². The number of carbonyl (C=O) groups excluding carboxylic acids is 1. The second-order valence-electron chi connectivity index (χ2n) is 5.97. The van der Waals surface area contributed by atoms with E-state index in [-0.39, 0.29) is 36.1 Å². The quantitative estimate of drug-likeness (QED) is 0.784. The summed E-state index contributed by atoms with van der Waals surface area (Å²) in [7, 11) is -3.66. The topological polar surface area (TPSA) is 96.6 Å². The van der Waals surface area contributed by atoms with Gasteiger partial charge in [-0.25, -0.2) is 13.4 Å². The van der Waals surface area contributed by atoms with Gasteiger partial charge in [-0.05, 0) is 20.8 Å². The standard InChI is InChI=1S/C15H20N4O4S2/c1-10-15(11(2)23-17-10)25(21,22)19-6-4-18(5-7-19)14(20)8-13-9-24-12(3)16-13/h9H,4-8H2,1-3H3. The van der Waals surface area contributed by atoms with Crippen LogP contribution in [0.4, 0.5) is 0 Å². The lowest BCUT2D eigenvalue weighted by Crippen LogP contribution is -2.51. The van der Waals surface area contributed by atoms with E-state index < -0.39 is 10.0 Å². The third-order valence-corrected chi connectivity index (χ3v) is 7.12. The molecule has 1 saturated heterocycles. The molecule has 2 aromatic rings. The Morgan fingerprint density at radius 1 is 1.24 bits per heavy atom. The first-order chi connectivity index (χ1) is 11.8. The van der Waals surface area contributed by atoms with Crippen molar-refractivity contribution >= 4 is 27.3 Å². The zero-order chi connectivity index (χ0) is 18.2. The Kier molecular flexibility index (Phi) is 4.94. The molecule has 10 heteroatoms. The smallest absolute Gasteiger partial charge is 0.248 e. The molecular weight excluding hydrogens is 364 g/mol. The molecule has 1 aliphatic heterocycles. The molecule has 25 heavy (non-hydrogen) atoms. The van der Waals surface area contributed by atoms with Gasteiger partial charge in [-0.2, -0.15) is 4.31 Å². The van der Waals surface area contributed by atoms with E-state index in [4.69, 9.17) is 4.52 Å². The number of rotatable bonds is 4. The summed E-state index contributed by atoms with van der Waals surface area (Å²) in [6, 6.07) is 0. The van der Waals surface area contributed by atoms with Gasteiger partial charge in [0.1, 0.15) is 10.6 Å². The zero-order valence-electron chi connectivity index (χ0n) is 14.4. The van der Waals surface area contributed by atoms with Crippen LogP contribution in [0.25, 0.3) is 0 Å². The van der Waals surface area contributed by atoms with E-state index in [2.05, 4.69) is 10.1 Å². The van der Waals surface area contributed by atoms with Gasteiger partial charge in [0, 0.05) is 31.6 Å². The van der Waals surface area contributed by atoms with Crippen LogP contribution in [-0.4, -0.2) is 59.8 Å². The van der Waals surface area contributed by atoms with Crippen molar-refractivity contribution in [2.24, 2.45) is 0 Å². The highest BCUT2D eigenvalue weighted by atomic mass is 32.2. The number of thiazole rings is 1. The van der Waals surface area contributed by atoms with Crippen LogP contribution in [0.15, 0.2) is 14.8 Å². The molecule has 0 unspecified atom stereocenters. The number of aryl methyl sites for hydroxylation is 3. The minimum absolute atomic E-state index is 0.0281. The van der Waals surface area contributed by atoms with Crippen LogP contribution in [0.3, 0.4) is 0 Å². The lowest BCUT2D eigenvalue weighted by atomic mass is 10.2. The van der Waals surface area contributed by atoms with E-state index in [0.717, 1.165) is 10.7 Å². The number of carbonyl (C=O) groups is 1. The summed E-state index contributed by atoms with van der Waals surface area (Å²) in [5, 5.41) is 6.53. The Balaban J connectivity index is 1.64. The van der Waals surface area contributed by atoms with E-state index >= 15 is 0 Å². The molecule has 2 aromatic heterocycles. The number of nitrogens with zero attached hydrogens (tertiary/aromatic N) is 4. The van der Waals surface area contributed by atoms with Gasteiger partial charge in [0.15, 0.2) is 5.76 Å². The SMILES string of the molecule is Cc1nc(CC(=O)N2CCN(S(=O)(=O)c3c(C)noc3C)CC2)cs1. The molecule has 1 fully saturated rings. The van der Waals surface area contributed by atoms with Gasteiger partial charge in [-0.1, -0.05) is 5.16 Å². The van der Waals surface area contributed by atoms with Crippen LogP contribution in [-0.2, 0) is 21.2 Å². The average molecular weight is 384 g/mol. The summed E-state index contributed by atoms with van der Waals surface area (Å²) in [6.45, 7) is 6.34. The third-order valence-electron chi connectivity index (χ3n) is 4.16. The first-order valence-electron chi connectivity index (χ1n) is 7.91. The van der Waals surface area contributed by atoms with E-state index in [1.165, 1.54) is 15.6 Å². The highest BCUT2D eigenvalue weighted by Crippen LogP contribution is 2.24. The van der Waals surface area contributed by atoms with Crippen LogP contribution in [0.2, 0.25) is 0 Å². The van der Waals surface area contributed by atoms with Gasteiger partial charge in [0.25, 0.3) is 0 Å². The van der Waals surface area contributed by atoms with Crippen LogP contribution >= 0.6 is 11.3 Å². The molecule has 0 radical (unpaired) electrons. The lowest BCUT2D eigenvalue weighted by Gasteiger charge is -2.33. The Hall–Kier alpha value is -1.78. The van der Waals surface area contributed by atoms with Crippen molar-refractivity contribution in [3.8, 4) is 0 Å². The van der Waals surface area contributed by atoms with Crippen molar-refractivity contribution in [3.05, 3.63) is 27.5 Å². The molecule has 1 aliphatic rings. The normalized spacial score (nSPS) is 16.4. The Labute approximate surface area is 150 Å². The molecular formula is C15H20N4O4S2. The summed E-state index contributed by atoms with van der Waals surface area (Å²) >= 11 is 1.51. The highest BCUT2D eigenvalue weighted by Gasteiger charge is 2.34. The predicted molar refractivity (Wildman–Crippen MR) is 91.9 cm³/mol. The molecule has 3 heterocycles. The van der Waals surface area contributed by atoms with Gasteiger partial charge < -0.3 is 9.42 Å². The maximum Gasteiger partial charge on any atom is 0.248 e. The summed E-state index contributed by atoms with van der Waals surface area (Å²) < 4.78 is 31.9. The summed E-state index contributed by atoms with van der Waals surface area (Å²) in [5.74, 6) is 0.259. The number of sulfonamides is 1. The maximum atomic E-state index is 12.8. The first kappa shape index (κ1) is 18.0. The monoisotopic (exact) mass is 384 g/mol. The molecule has 3 rings (SSSR count). The molecule has 1 amide bonds. The van der Waals surface area contributed by atoms with Crippen molar-refractivity contribution in [2.45, 2.75) is 32.1 Å². The molecule has 136 valence electrons. The van der Waals surface area contributed by atoms with E-state index in [1.54, 1.807) is 18.7 Å². The number of hydrogen-bond acceptors (Lipinski definition) is 7. The molecule has 0 spiro atoms. The molecule has 0 saturated carbocycles. The molecule has 8 nitrogen and oxygen atoms in total. The molecule has 0 N–H and O–H groups in total. The van der Waals surface area contributed by atoms with Crippen LogP contribution in [0, 0.1) is 20.8 Å². The number of hydrogen-bond donors (Lipinski definition) is 0. The van der Waals surface area contributed by atoms with Crippen molar-refractivity contribution in [1.82, 2.24) is 19.3 Å². The summed E-state index contributed by atoms with van der Waals surface area (Å²) in [4.78, 5) is 18.5. The van der Waals surface area contributed by atoms with Gasteiger partial charge in [0.05, 0.1) is 17.1 Å². The van der Waals surface area contributed by atoms with Crippen LogP contribution < -0.4 is 0 Å². The minimum Gasteiger partial charge on any atom is -0.360 e. The zero-order valence-corrected chi connectivity index (χ0v) is 16.0. The fraction of sp³-hybridized carbons (Fsp3) is 0.533. The largest absolute Gasteiger partial charge is 0.360 e. The molecule has 0 bridgehead atoms. The van der Waals surface area contributed by atoms with Crippen molar-refractivity contribution in [2.75, 3.05) is 26.2 Å². The van der Waals surface area contributed by atoms with Crippen LogP contribution in [0.1, 0.15) is 22.2 Å². The van der Waals surface area contributed by atoms with Gasteiger partial charge in [-0.15, -0.1) is 11.3 Å².